The molecule has 2 aromatic rings. The van der Waals surface area contributed by atoms with Gasteiger partial charge in [-0.25, -0.2) is 4.79 Å². The summed E-state index contributed by atoms with van der Waals surface area (Å²) in [4.78, 5) is 26.0. The molecule has 0 aromatic heterocycles. The number of piperidine rings is 1. The lowest BCUT2D eigenvalue weighted by Gasteiger charge is -2.32. The number of fused-ring (bicyclic) bond motifs is 1. The van der Waals surface area contributed by atoms with Gasteiger partial charge in [0.1, 0.15) is 0 Å². The molecule has 1 saturated heterocycles. The fraction of sp³-hybridized carbons (Fsp3) is 0.273. The molecule has 1 unspecified atom stereocenters. The summed E-state index contributed by atoms with van der Waals surface area (Å²) in [6, 6.07) is 12.7. The van der Waals surface area contributed by atoms with Crippen LogP contribution in [-0.4, -0.2) is 36.7 Å². The maximum Gasteiger partial charge on any atom is 0.323 e. The first-order chi connectivity index (χ1) is 14.1. The molecule has 150 valence electrons. The van der Waals surface area contributed by atoms with Gasteiger partial charge in [-0.2, -0.15) is 0 Å². The van der Waals surface area contributed by atoms with Crippen LogP contribution in [0.25, 0.3) is 0 Å². The van der Waals surface area contributed by atoms with E-state index in [-0.39, 0.29) is 18.7 Å². The number of nitrogens with one attached hydrogen (secondary N) is 2. The summed E-state index contributed by atoms with van der Waals surface area (Å²) in [6.07, 6.45) is 3.38. The van der Waals surface area contributed by atoms with E-state index >= 15 is 0 Å². The van der Waals surface area contributed by atoms with E-state index in [1.54, 1.807) is 18.2 Å². The van der Waals surface area contributed by atoms with Crippen molar-refractivity contribution in [2.45, 2.75) is 18.8 Å². The van der Waals surface area contributed by atoms with Crippen LogP contribution < -0.4 is 20.1 Å². The first-order valence-electron chi connectivity index (χ1n) is 9.61. The summed E-state index contributed by atoms with van der Waals surface area (Å²) in [5.74, 6) is 1.56. The largest absolute Gasteiger partial charge is 0.454 e. The van der Waals surface area contributed by atoms with Crippen LogP contribution in [0.1, 0.15) is 24.3 Å². The number of ether oxygens (including phenoxy) is 2. The van der Waals surface area contributed by atoms with Gasteiger partial charge in [0.2, 0.25) is 12.7 Å². The van der Waals surface area contributed by atoms with Crippen LogP contribution in [0.2, 0.25) is 0 Å². The lowest BCUT2D eigenvalue weighted by atomic mass is 9.90. The Balaban J connectivity index is 1.35. The van der Waals surface area contributed by atoms with Crippen LogP contribution in [-0.2, 0) is 4.79 Å². The second-order valence-corrected chi connectivity index (χ2v) is 7.10. The van der Waals surface area contributed by atoms with E-state index in [0.29, 0.717) is 35.3 Å². The van der Waals surface area contributed by atoms with Crippen molar-refractivity contribution in [3.05, 3.63) is 60.7 Å². The zero-order valence-electron chi connectivity index (χ0n) is 16.0. The van der Waals surface area contributed by atoms with E-state index < -0.39 is 0 Å². The predicted octanol–water partition coefficient (Wildman–Crippen LogP) is 3.95. The van der Waals surface area contributed by atoms with Gasteiger partial charge in [-0.1, -0.05) is 18.7 Å². The second kappa shape index (κ2) is 8.26. The standard InChI is InChI=1S/C22H23N3O4/c1-2-21(26)25-11-3-4-16(13-25)15-5-7-17(8-6-15)23-22(27)24-18-9-10-19-20(12-18)29-14-28-19/h2,5-10,12,16H,1,3-4,11,13-14H2,(H2,23,24,27). The first-order valence-corrected chi connectivity index (χ1v) is 9.61. The Bertz CT molecular complexity index is 926. The number of rotatable bonds is 4. The predicted molar refractivity (Wildman–Crippen MR) is 110 cm³/mol. The van der Waals surface area contributed by atoms with Gasteiger partial charge in [-0.05, 0) is 48.7 Å². The molecule has 7 heteroatoms. The molecule has 0 bridgehead atoms. The van der Waals surface area contributed by atoms with Crippen molar-refractivity contribution in [2.75, 3.05) is 30.5 Å². The molecule has 4 rings (SSSR count). The van der Waals surface area contributed by atoms with Crippen LogP contribution >= 0.6 is 0 Å². The Labute approximate surface area is 169 Å². The van der Waals surface area contributed by atoms with E-state index in [9.17, 15) is 9.59 Å². The quantitative estimate of drug-likeness (QED) is 0.771. The smallest absolute Gasteiger partial charge is 0.323 e. The average molecular weight is 393 g/mol. The summed E-state index contributed by atoms with van der Waals surface area (Å²) in [5.41, 5.74) is 2.48. The highest BCUT2D eigenvalue weighted by atomic mass is 16.7. The Kier molecular flexibility index (Phi) is 5.37. The van der Waals surface area contributed by atoms with Crippen LogP contribution in [0.5, 0.6) is 11.5 Å². The number of urea groups is 1. The third-order valence-corrected chi connectivity index (χ3v) is 5.18. The van der Waals surface area contributed by atoms with Crippen molar-refractivity contribution < 1.29 is 19.1 Å². The van der Waals surface area contributed by atoms with E-state index in [1.165, 1.54) is 6.08 Å². The zero-order valence-corrected chi connectivity index (χ0v) is 16.0. The minimum Gasteiger partial charge on any atom is -0.454 e. The molecule has 2 aromatic carbocycles. The Hall–Kier alpha value is -3.48. The molecule has 3 amide bonds. The van der Waals surface area contributed by atoms with Gasteiger partial charge in [-0.3, -0.25) is 4.79 Å². The molecule has 1 atom stereocenters. The van der Waals surface area contributed by atoms with E-state index in [4.69, 9.17) is 9.47 Å². The number of carbonyl (C=O) groups excluding carboxylic acids is 2. The summed E-state index contributed by atoms with van der Waals surface area (Å²) in [5, 5.41) is 5.61. The van der Waals surface area contributed by atoms with Crippen molar-refractivity contribution in [1.29, 1.82) is 0 Å². The van der Waals surface area contributed by atoms with Crippen molar-refractivity contribution in [2.24, 2.45) is 0 Å². The molecule has 7 nitrogen and oxygen atoms in total. The van der Waals surface area contributed by atoms with Gasteiger partial charge in [-0.15, -0.1) is 0 Å². The SMILES string of the molecule is C=CC(=O)N1CCCC(c2ccc(NC(=O)Nc3ccc4c(c3)OCO4)cc2)C1. The number of carbonyl (C=O) groups is 2. The molecular weight excluding hydrogens is 370 g/mol. The first kappa shape index (κ1) is 18.9. The minimum atomic E-state index is -0.336. The number of nitrogens with zero attached hydrogens (tertiary/aromatic N) is 1. The Morgan fingerprint density at radius 3 is 2.55 bits per heavy atom. The van der Waals surface area contributed by atoms with Gasteiger partial charge in [0, 0.05) is 36.4 Å². The number of hydrogen-bond acceptors (Lipinski definition) is 4. The summed E-state index contributed by atoms with van der Waals surface area (Å²) < 4.78 is 10.6. The summed E-state index contributed by atoms with van der Waals surface area (Å²) in [6.45, 7) is 5.24. The maximum absolute atomic E-state index is 12.3. The lowest BCUT2D eigenvalue weighted by Crippen LogP contribution is -2.38. The van der Waals surface area contributed by atoms with Gasteiger partial charge < -0.3 is 25.0 Å². The molecule has 29 heavy (non-hydrogen) atoms. The second-order valence-electron chi connectivity index (χ2n) is 7.10. The van der Waals surface area contributed by atoms with Crippen LogP contribution in [0.4, 0.5) is 16.2 Å². The fourth-order valence-electron chi connectivity index (χ4n) is 3.68. The highest BCUT2D eigenvalue weighted by Gasteiger charge is 2.23. The lowest BCUT2D eigenvalue weighted by molar-refractivity contribution is -0.127. The van der Waals surface area contributed by atoms with Crippen molar-refractivity contribution in [3.8, 4) is 11.5 Å². The van der Waals surface area contributed by atoms with Crippen LogP contribution in [0.15, 0.2) is 55.1 Å². The Morgan fingerprint density at radius 2 is 1.76 bits per heavy atom. The van der Waals surface area contributed by atoms with Gasteiger partial charge in [0.05, 0.1) is 0 Å². The third kappa shape index (κ3) is 4.34. The third-order valence-electron chi connectivity index (χ3n) is 5.18. The van der Waals surface area contributed by atoms with E-state index in [1.807, 2.05) is 29.2 Å². The number of likely N-dealkylation sites (tertiary alicyclic amines) is 1. The van der Waals surface area contributed by atoms with Gasteiger partial charge >= 0.3 is 6.03 Å². The van der Waals surface area contributed by atoms with Gasteiger partial charge in [0.25, 0.3) is 0 Å². The normalized spacial score (nSPS) is 17.5. The van der Waals surface area contributed by atoms with Crippen molar-refractivity contribution in [1.82, 2.24) is 4.90 Å². The highest BCUT2D eigenvalue weighted by Crippen LogP contribution is 2.34. The fourth-order valence-corrected chi connectivity index (χ4v) is 3.68. The average Bonchev–Trinajstić information content (AvgIpc) is 3.21. The van der Waals surface area contributed by atoms with Gasteiger partial charge in [0.15, 0.2) is 11.5 Å². The number of hydrogen-bond donors (Lipinski definition) is 2. The molecular formula is C22H23N3O4. The maximum atomic E-state index is 12.3. The zero-order chi connectivity index (χ0) is 20.2. The monoisotopic (exact) mass is 393 g/mol. The summed E-state index contributed by atoms with van der Waals surface area (Å²) in [7, 11) is 0. The highest BCUT2D eigenvalue weighted by molar-refractivity contribution is 6.00. The van der Waals surface area contributed by atoms with E-state index in [0.717, 1.165) is 24.9 Å². The Morgan fingerprint density at radius 1 is 1.03 bits per heavy atom. The number of amides is 3. The molecule has 0 spiro atoms. The van der Waals surface area contributed by atoms with Crippen LogP contribution in [0.3, 0.4) is 0 Å². The topological polar surface area (TPSA) is 79.9 Å². The molecule has 2 aliphatic heterocycles. The van der Waals surface area contributed by atoms with Crippen molar-refractivity contribution >= 4 is 23.3 Å². The van der Waals surface area contributed by atoms with E-state index in [2.05, 4.69) is 17.2 Å². The van der Waals surface area contributed by atoms with Crippen LogP contribution in [0, 0.1) is 0 Å². The number of benzene rings is 2. The molecule has 2 aliphatic rings. The molecule has 0 aliphatic carbocycles. The molecule has 0 radical (unpaired) electrons. The number of anilines is 2. The molecule has 0 saturated carbocycles. The minimum absolute atomic E-state index is 0.0202. The molecule has 2 N–H and O–H groups in total. The van der Waals surface area contributed by atoms with Crippen molar-refractivity contribution in [3.63, 3.8) is 0 Å². The molecule has 2 heterocycles. The summed E-state index contributed by atoms with van der Waals surface area (Å²) >= 11 is 0. The molecule has 1 fully saturated rings.